The molecule has 0 unspecified atom stereocenters. The highest BCUT2D eigenvalue weighted by molar-refractivity contribution is 6.01. The van der Waals surface area contributed by atoms with Crippen LogP contribution in [0.4, 0.5) is 10.5 Å². The maximum Gasteiger partial charge on any atom is 0.411 e. The summed E-state index contributed by atoms with van der Waals surface area (Å²) in [6, 6.07) is 16.3. The van der Waals surface area contributed by atoms with E-state index in [2.05, 4.69) is 10.6 Å². The summed E-state index contributed by atoms with van der Waals surface area (Å²) < 4.78 is 10.7. The minimum Gasteiger partial charge on any atom is -0.480 e. The van der Waals surface area contributed by atoms with Crippen molar-refractivity contribution in [1.29, 1.82) is 0 Å². The molecule has 0 radical (unpaired) electrons. The van der Waals surface area contributed by atoms with Gasteiger partial charge in [-0.2, -0.15) is 0 Å². The quantitative estimate of drug-likeness (QED) is 0.491. The molecule has 4 rings (SSSR count). The molecule has 2 amide bonds. The van der Waals surface area contributed by atoms with Crippen LogP contribution in [0.2, 0.25) is 0 Å². The average molecular weight is 448 g/mol. The van der Waals surface area contributed by atoms with E-state index in [0.29, 0.717) is 0 Å². The van der Waals surface area contributed by atoms with Crippen molar-refractivity contribution < 1.29 is 28.6 Å². The molecule has 0 spiro atoms. The summed E-state index contributed by atoms with van der Waals surface area (Å²) >= 11 is 0. The van der Waals surface area contributed by atoms with Gasteiger partial charge in [0, 0.05) is 12.0 Å². The van der Waals surface area contributed by atoms with Crippen molar-refractivity contribution in [3.63, 3.8) is 0 Å². The summed E-state index contributed by atoms with van der Waals surface area (Å²) in [6.45, 7) is 3.47. The molecule has 3 aromatic rings. The molecule has 1 heterocycles. The molecule has 8 heteroatoms. The highest BCUT2D eigenvalue weighted by atomic mass is 16.5. The summed E-state index contributed by atoms with van der Waals surface area (Å²) in [4.78, 5) is 36.4. The van der Waals surface area contributed by atoms with Gasteiger partial charge in [0.15, 0.2) is 0 Å². The van der Waals surface area contributed by atoms with Gasteiger partial charge >= 0.3 is 12.1 Å². The lowest BCUT2D eigenvalue weighted by atomic mass is 9.98. The second kappa shape index (κ2) is 9.20. The number of fused-ring (bicyclic) bond motifs is 3. The Morgan fingerprint density at radius 2 is 1.61 bits per heavy atom. The van der Waals surface area contributed by atoms with Crippen molar-refractivity contribution in [3.05, 3.63) is 77.7 Å². The van der Waals surface area contributed by atoms with Crippen molar-refractivity contribution >= 4 is 23.7 Å². The van der Waals surface area contributed by atoms with E-state index in [4.69, 9.17) is 9.15 Å². The number of ether oxygens (including phenoxy) is 1. The molecular weight excluding hydrogens is 424 g/mol. The SMILES string of the molecule is CC(C)[C@@H](NC(=O)c1occc1NC(=O)OCC1c2ccccc2-c2ccccc21)C(=O)O. The van der Waals surface area contributed by atoms with Crippen LogP contribution in [-0.4, -0.2) is 35.7 Å². The van der Waals surface area contributed by atoms with Crippen LogP contribution in [0.1, 0.15) is 41.4 Å². The van der Waals surface area contributed by atoms with Crippen LogP contribution in [0.25, 0.3) is 11.1 Å². The molecule has 0 saturated carbocycles. The van der Waals surface area contributed by atoms with Crippen molar-refractivity contribution in [2.45, 2.75) is 25.8 Å². The number of aliphatic carboxylic acids is 1. The highest BCUT2D eigenvalue weighted by Crippen LogP contribution is 2.44. The average Bonchev–Trinajstić information content (AvgIpc) is 3.38. The summed E-state index contributed by atoms with van der Waals surface area (Å²) in [5.74, 6) is -2.53. The Kier molecular flexibility index (Phi) is 6.17. The van der Waals surface area contributed by atoms with E-state index in [1.54, 1.807) is 13.8 Å². The predicted molar refractivity (Wildman–Crippen MR) is 121 cm³/mol. The molecule has 33 heavy (non-hydrogen) atoms. The topological polar surface area (TPSA) is 118 Å². The van der Waals surface area contributed by atoms with Crippen LogP contribution in [0.15, 0.2) is 65.3 Å². The summed E-state index contributed by atoms with van der Waals surface area (Å²) in [5.41, 5.74) is 4.51. The normalized spacial score (nSPS) is 13.2. The Morgan fingerprint density at radius 1 is 1.00 bits per heavy atom. The van der Waals surface area contributed by atoms with Gasteiger partial charge in [-0.3, -0.25) is 10.1 Å². The lowest BCUT2D eigenvalue weighted by Gasteiger charge is -2.17. The van der Waals surface area contributed by atoms with Gasteiger partial charge < -0.3 is 19.6 Å². The van der Waals surface area contributed by atoms with Crippen molar-refractivity contribution in [3.8, 4) is 11.1 Å². The first-order chi connectivity index (χ1) is 15.9. The lowest BCUT2D eigenvalue weighted by Crippen LogP contribution is -2.44. The van der Waals surface area contributed by atoms with Crippen LogP contribution >= 0.6 is 0 Å². The second-order valence-electron chi connectivity index (χ2n) is 8.15. The monoisotopic (exact) mass is 448 g/mol. The van der Waals surface area contributed by atoms with E-state index in [1.807, 2.05) is 48.5 Å². The number of hydrogen-bond acceptors (Lipinski definition) is 5. The van der Waals surface area contributed by atoms with Gasteiger partial charge in [-0.15, -0.1) is 0 Å². The molecule has 0 aliphatic heterocycles. The zero-order chi connectivity index (χ0) is 23.5. The molecule has 0 saturated heterocycles. The van der Waals surface area contributed by atoms with E-state index in [1.165, 1.54) is 12.3 Å². The minimum absolute atomic E-state index is 0.0950. The van der Waals surface area contributed by atoms with Gasteiger partial charge in [-0.1, -0.05) is 62.4 Å². The number of furan rings is 1. The third-order valence-corrected chi connectivity index (χ3v) is 5.67. The molecule has 2 aromatic carbocycles. The zero-order valence-electron chi connectivity index (χ0n) is 18.2. The Labute approximate surface area is 190 Å². The van der Waals surface area contributed by atoms with Gasteiger partial charge in [0.25, 0.3) is 5.91 Å². The van der Waals surface area contributed by atoms with Crippen molar-refractivity contribution in [2.24, 2.45) is 5.92 Å². The molecule has 3 N–H and O–H groups in total. The molecule has 170 valence electrons. The molecular formula is C25H24N2O6. The van der Waals surface area contributed by atoms with Gasteiger partial charge in [-0.25, -0.2) is 9.59 Å². The number of carbonyl (C=O) groups is 3. The molecule has 1 atom stereocenters. The summed E-state index contributed by atoms with van der Waals surface area (Å²) in [7, 11) is 0. The van der Waals surface area contributed by atoms with Crippen LogP contribution in [0.3, 0.4) is 0 Å². The maximum atomic E-state index is 12.5. The van der Waals surface area contributed by atoms with Crippen LogP contribution in [0.5, 0.6) is 0 Å². The third-order valence-electron chi connectivity index (χ3n) is 5.67. The number of benzene rings is 2. The Morgan fingerprint density at radius 3 is 2.18 bits per heavy atom. The molecule has 0 fully saturated rings. The first-order valence-corrected chi connectivity index (χ1v) is 10.6. The van der Waals surface area contributed by atoms with Crippen LogP contribution in [-0.2, 0) is 9.53 Å². The van der Waals surface area contributed by atoms with Gasteiger partial charge in [-0.05, 0) is 28.2 Å². The number of nitrogens with one attached hydrogen (secondary N) is 2. The fraction of sp³-hybridized carbons (Fsp3) is 0.240. The fourth-order valence-electron chi connectivity index (χ4n) is 4.05. The van der Waals surface area contributed by atoms with E-state index in [0.717, 1.165) is 22.3 Å². The highest BCUT2D eigenvalue weighted by Gasteiger charge is 2.30. The minimum atomic E-state index is -1.16. The van der Waals surface area contributed by atoms with Crippen molar-refractivity contribution in [1.82, 2.24) is 5.32 Å². The zero-order valence-corrected chi connectivity index (χ0v) is 18.2. The molecule has 1 aliphatic carbocycles. The van der Waals surface area contributed by atoms with Crippen LogP contribution < -0.4 is 10.6 Å². The van der Waals surface area contributed by atoms with Gasteiger partial charge in [0.2, 0.25) is 5.76 Å². The van der Waals surface area contributed by atoms with Gasteiger partial charge in [0.05, 0.1) is 12.0 Å². The summed E-state index contributed by atoms with van der Waals surface area (Å²) in [5, 5.41) is 14.2. The first kappa shape index (κ1) is 22.1. The van der Waals surface area contributed by atoms with Gasteiger partial charge in [0.1, 0.15) is 12.6 Å². The predicted octanol–water partition coefficient (Wildman–Crippen LogP) is 4.48. The van der Waals surface area contributed by atoms with E-state index in [9.17, 15) is 19.5 Å². The smallest absolute Gasteiger partial charge is 0.411 e. The number of hydrogen-bond donors (Lipinski definition) is 3. The first-order valence-electron chi connectivity index (χ1n) is 10.6. The second-order valence-corrected chi connectivity index (χ2v) is 8.15. The fourth-order valence-corrected chi connectivity index (χ4v) is 4.05. The number of carboxylic acid groups (broad SMARTS) is 1. The number of rotatable bonds is 7. The summed E-state index contributed by atoms with van der Waals surface area (Å²) in [6.07, 6.45) is 0.491. The number of anilines is 1. The number of amides is 2. The van der Waals surface area contributed by atoms with E-state index in [-0.39, 0.29) is 29.9 Å². The Hall–Kier alpha value is -4.07. The van der Waals surface area contributed by atoms with Crippen LogP contribution in [0, 0.1) is 5.92 Å². The Balaban J connectivity index is 1.43. The maximum absolute atomic E-state index is 12.5. The number of carbonyl (C=O) groups excluding carboxylic acids is 2. The largest absolute Gasteiger partial charge is 0.480 e. The van der Waals surface area contributed by atoms with E-state index < -0.39 is 24.0 Å². The number of carboxylic acids is 1. The molecule has 1 aromatic heterocycles. The Bertz CT molecular complexity index is 1150. The lowest BCUT2D eigenvalue weighted by molar-refractivity contribution is -0.140. The molecule has 0 bridgehead atoms. The van der Waals surface area contributed by atoms with E-state index >= 15 is 0 Å². The third kappa shape index (κ3) is 4.45. The molecule has 1 aliphatic rings. The molecule has 8 nitrogen and oxygen atoms in total. The van der Waals surface area contributed by atoms with Crippen molar-refractivity contribution in [2.75, 3.05) is 11.9 Å². The standard InChI is InChI=1S/C25H24N2O6/c1-14(2)21(24(29)30)27-23(28)22-20(11-12-32-22)26-25(31)33-13-19-17-9-5-3-7-15(17)16-8-4-6-10-18(16)19/h3-12,14,19,21H,13H2,1-2H3,(H,26,31)(H,27,28)(H,29,30)/t21-/m1/s1.